The topological polar surface area (TPSA) is 85.8 Å². The molecule has 0 spiro atoms. The minimum atomic E-state index is -0.492. The molecule has 1 aromatic heterocycles. The van der Waals surface area contributed by atoms with Crippen molar-refractivity contribution >= 4 is 23.2 Å². The van der Waals surface area contributed by atoms with Gasteiger partial charge in [0.15, 0.2) is 5.96 Å². The maximum absolute atomic E-state index is 11.8. The zero-order valence-electron chi connectivity index (χ0n) is 15.6. The number of nitrogens with one attached hydrogen (secondary N) is 3. The Kier molecular flexibility index (Phi) is 9.37. The third kappa shape index (κ3) is 7.80. The molecule has 0 fully saturated rings. The fourth-order valence-electron chi connectivity index (χ4n) is 2.48. The lowest BCUT2D eigenvalue weighted by Gasteiger charge is -2.14. The molecule has 27 heavy (non-hydrogen) atoms. The lowest BCUT2D eigenvalue weighted by atomic mass is 10.1. The van der Waals surface area contributed by atoms with E-state index in [1.807, 2.05) is 54.8 Å². The normalized spacial score (nSPS) is 12.4. The zero-order valence-corrected chi connectivity index (χ0v) is 16.5. The second kappa shape index (κ2) is 12.1. The standard InChI is InChI=1S/C20H28N4O2S/c1-2-21-20(24-14-11-17(25)16-8-4-3-5-9-16)23-13-7-12-22-19(26)18-10-6-15-27-18/h3-6,8-10,15,17,25H,2,7,11-14H2,1H3,(H,22,26)(H2,21,23,24). The number of carbonyl (C=O) groups excluding carboxylic acids is 1. The number of hydrogen-bond acceptors (Lipinski definition) is 4. The molecule has 1 unspecified atom stereocenters. The van der Waals surface area contributed by atoms with E-state index in [4.69, 9.17) is 0 Å². The van der Waals surface area contributed by atoms with Gasteiger partial charge in [0.25, 0.3) is 5.91 Å². The van der Waals surface area contributed by atoms with Crippen LogP contribution in [0.25, 0.3) is 0 Å². The van der Waals surface area contributed by atoms with Crippen LogP contribution in [0.2, 0.25) is 0 Å². The third-order valence-corrected chi connectivity index (χ3v) is 4.74. The quantitative estimate of drug-likeness (QED) is 0.286. The van der Waals surface area contributed by atoms with Crippen molar-refractivity contribution in [3.8, 4) is 0 Å². The highest BCUT2D eigenvalue weighted by Crippen LogP contribution is 2.14. The Morgan fingerprint density at radius 1 is 1.11 bits per heavy atom. The van der Waals surface area contributed by atoms with Gasteiger partial charge in [0.05, 0.1) is 11.0 Å². The summed E-state index contributed by atoms with van der Waals surface area (Å²) in [6, 6.07) is 13.3. The van der Waals surface area contributed by atoms with E-state index < -0.39 is 6.10 Å². The fourth-order valence-corrected chi connectivity index (χ4v) is 3.12. The number of aliphatic hydroxyl groups is 1. The SMILES string of the molecule is CCNC(=NCCCNC(=O)c1cccs1)NCCC(O)c1ccccc1. The Bertz CT molecular complexity index is 689. The van der Waals surface area contributed by atoms with Gasteiger partial charge in [-0.15, -0.1) is 11.3 Å². The summed E-state index contributed by atoms with van der Waals surface area (Å²) in [5, 5.41) is 21.4. The number of rotatable bonds is 10. The van der Waals surface area contributed by atoms with E-state index in [0.29, 0.717) is 26.1 Å². The van der Waals surface area contributed by atoms with Crippen LogP contribution in [0.3, 0.4) is 0 Å². The number of thiophene rings is 1. The van der Waals surface area contributed by atoms with Crippen LogP contribution >= 0.6 is 11.3 Å². The molecule has 0 saturated carbocycles. The predicted octanol–water partition coefficient (Wildman–Crippen LogP) is 2.55. The molecule has 7 heteroatoms. The molecule has 0 bridgehead atoms. The predicted molar refractivity (Wildman–Crippen MR) is 111 cm³/mol. The number of aliphatic hydroxyl groups excluding tert-OH is 1. The molecule has 6 nitrogen and oxygen atoms in total. The van der Waals surface area contributed by atoms with Crippen molar-refractivity contribution < 1.29 is 9.90 Å². The zero-order chi connectivity index (χ0) is 19.3. The molecule has 0 aliphatic rings. The molecule has 0 saturated heterocycles. The molecule has 0 aliphatic carbocycles. The average Bonchev–Trinajstić information content (AvgIpc) is 3.23. The van der Waals surface area contributed by atoms with Crippen LogP contribution in [-0.2, 0) is 0 Å². The first kappa shape index (κ1) is 20.9. The van der Waals surface area contributed by atoms with Crippen LogP contribution in [0.15, 0.2) is 52.8 Å². The lowest BCUT2D eigenvalue weighted by molar-refractivity contribution is 0.0957. The maximum atomic E-state index is 11.8. The van der Waals surface area contributed by atoms with Gasteiger partial charge in [-0.05, 0) is 36.8 Å². The molecule has 4 N–H and O–H groups in total. The van der Waals surface area contributed by atoms with Crippen molar-refractivity contribution in [2.45, 2.75) is 25.9 Å². The van der Waals surface area contributed by atoms with E-state index in [2.05, 4.69) is 20.9 Å². The molecule has 0 radical (unpaired) electrons. The largest absolute Gasteiger partial charge is 0.388 e. The van der Waals surface area contributed by atoms with Gasteiger partial charge < -0.3 is 21.1 Å². The maximum Gasteiger partial charge on any atom is 0.261 e. The van der Waals surface area contributed by atoms with Crippen LogP contribution in [0.5, 0.6) is 0 Å². The number of aliphatic imine (C=N–C) groups is 1. The van der Waals surface area contributed by atoms with Crippen molar-refractivity contribution in [3.05, 3.63) is 58.3 Å². The summed E-state index contributed by atoms with van der Waals surface area (Å²) < 4.78 is 0. The number of carbonyl (C=O) groups is 1. The van der Waals surface area contributed by atoms with Crippen LogP contribution < -0.4 is 16.0 Å². The Morgan fingerprint density at radius 2 is 1.93 bits per heavy atom. The van der Waals surface area contributed by atoms with E-state index in [1.165, 1.54) is 11.3 Å². The average molecular weight is 389 g/mol. The van der Waals surface area contributed by atoms with Gasteiger partial charge in [-0.3, -0.25) is 9.79 Å². The highest BCUT2D eigenvalue weighted by Gasteiger charge is 2.07. The van der Waals surface area contributed by atoms with E-state index in [0.717, 1.165) is 29.4 Å². The number of nitrogens with zero attached hydrogens (tertiary/aromatic N) is 1. The minimum absolute atomic E-state index is 0.0334. The van der Waals surface area contributed by atoms with Crippen molar-refractivity contribution in [1.29, 1.82) is 0 Å². The number of amides is 1. The first-order chi connectivity index (χ1) is 13.2. The monoisotopic (exact) mass is 388 g/mol. The molecular weight excluding hydrogens is 360 g/mol. The third-order valence-electron chi connectivity index (χ3n) is 3.87. The van der Waals surface area contributed by atoms with E-state index in [9.17, 15) is 9.90 Å². The van der Waals surface area contributed by atoms with E-state index in [1.54, 1.807) is 0 Å². The first-order valence-corrected chi connectivity index (χ1v) is 10.2. The minimum Gasteiger partial charge on any atom is -0.388 e. The van der Waals surface area contributed by atoms with Crippen LogP contribution in [0.4, 0.5) is 0 Å². The second-order valence-electron chi connectivity index (χ2n) is 5.99. The molecule has 0 aliphatic heterocycles. The van der Waals surface area contributed by atoms with Crippen LogP contribution in [0.1, 0.15) is 41.1 Å². The van der Waals surface area contributed by atoms with Crippen LogP contribution in [0, 0.1) is 0 Å². The van der Waals surface area contributed by atoms with E-state index in [-0.39, 0.29) is 5.91 Å². The summed E-state index contributed by atoms with van der Waals surface area (Å²) >= 11 is 1.44. The van der Waals surface area contributed by atoms with Crippen molar-refractivity contribution in [2.75, 3.05) is 26.2 Å². The van der Waals surface area contributed by atoms with Crippen LogP contribution in [-0.4, -0.2) is 43.2 Å². The Hall–Kier alpha value is -2.38. The summed E-state index contributed by atoms with van der Waals surface area (Å²) in [4.78, 5) is 17.1. The van der Waals surface area contributed by atoms with Gasteiger partial charge in [-0.2, -0.15) is 0 Å². The van der Waals surface area contributed by atoms with E-state index >= 15 is 0 Å². The Labute approximate surface area is 164 Å². The Balaban J connectivity index is 1.66. The smallest absolute Gasteiger partial charge is 0.261 e. The van der Waals surface area contributed by atoms with Gasteiger partial charge in [-0.25, -0.2) is 0 Å². The van der Waals surface area contributed by atoms with Gasteiger partial charge >= 0.3 is 0 Å². The first-order valence-electron chi connectivity index (χ1n) is 9.27. The second-order valence-corrected chi connectivity index (χ2v) is 6.94. The molecule has 2 rings (SSSR count). The highest BCUT2D eigenvalue weighted by atomic mass is 32.1. The lowest BCUT2D eigenvalue weighted by Crippen LogP contribution is -2.38. The van der Waals surface area contributed by atoms with Crippen molar-refractivity contribution in [1.82, 2.24) is 16.0 Å². The number of hydrogen-bond donors (Lipinski definition) is 4. The van der Waals surface area contributed by atoms with Gasteiger partial charge in [0, 0.05) is 26.2 Å². The van der Waals surface area contributed by atoms with Crippen molar-refractivity contribution in [2.24, 2.45) is 4.99 Å². The summed E-state index contributed by atoms with van der Waals surface area (Å²) in [6.45, 7) is 4.60. The fraction of sp³-hybridized carbons (Fsp3) is 0.400. The molecular formula is C20H28N4O2S. The number of benzene rings is 1. The molecule has 1 aromatic carbocycles. The molecule has 1 atom stereocenters. The summed E-state index contributed by atoms with van der Waals surface area (Å²) in [5.41, 5.74) is 0.919. The molecule has 1 amide bonds. The summed E-state index contributed by atoms with van der Waals surface area (Å²) in [5.74, 6) is 0.691. The Morgan fingerprint density at radius 3 is 2.63 bits per heavy atom. The highest BCUT2D eigenvalue weighted by molar-refractivity contribution is 7.12. The van der Waals surface area contributed by atoms with Crippen molar-refractivity contribution in [3.63, 3.8) is 0 Å². The molecule has 1 heterocycles. The van der Waals surface area contributed by atoms with Gasteiger partial charge in [-0.1, -0.05) is 36.4 Å². The number of guanidine groups is 1. The summed E-state index contributed by atoms with van der Waals surface area (Å²) in [6.07, 6.45) is 0.875. The summed E-state index contributed by atoms with van der Waals surface area (Å²) in [7, 11) is 0. The van der Waals surface area contributed by atoms with Gasteiger partial charge in [0.2, 0.25) is 0 Å². The van der Waals surface area contributed by atoms with Gasteiger partial charge in [0.1, 0.15) is 0 Å². The molecule has 2 aromatic rings. The molecule has 146 valence electrons.